The second-order valence-corrected chi connectivity index (χ2v) is 10.1. The molecule has 2 unspecified atom stereocenters. The first kappa shape index (κ1) is 26.9. The van der Waals surface area contributed by atoms with Gasteiger partial charge in [0, 0.05) is 35.8 Å². The summed E-state index contributed by atoms with van der Waals surface area (Å²) < 4.78 is 5.58. The highest BCUT2D eigenvalue weighted by molar-refractivity contribution is 5.95. The van der Waals surface area contributed by atoms with Crippen molar-refractivity contribution < 1.29 is 14.3 Å². The largest absolute Gasteiger partial charge is 0.427 e. The van der Waals surface area contributed by atoms with Crippen molar-refractivity contribution in [3.63, 3.8) is 0 Å². The summed E-state index contributed by atoms with van der Waals surface area (Å²) in [6, 6.07) is 22.0. The number of benzene rings is 3. The molecule has 40 heavy (non-hydrogen) atoms. The first-order valence-electron chi connectivity index (χ1n) is 13.3. The molecule has 2 heterocycles. The van der Waals surface area contributed by atoms with E-state index in [4.69, 9.17) is 15.9 Å². The molecule has 1 aliphatic rings. The number of aryl methyl sites for hydroxylation is 2. The van der Waals surface area contributed by atoms with Crippen LogP contribution in [0.1, 0.15) is 46.6 Å². The molecule has 1 fully saturated rings. The number of hydrazine groups is 1. The molecule has 0 saturated carbocycles. The van der Waals surface area contributed by atoms with Gasteiger partial charge in [0.05, 0.1) is 11.0 Å². The van der Waals surface area contributed by atoms with Crippen molar-refractivity contribution in [3.05, 3.63) is 95.3 Å². The molecule has 4 aromatic rings. The number of amides is 2. The predicted molar refractivity (Wildman–Crippen MR) is 153 cm³/mol. The van der Waals surface area contributed by atoms with Gasteiger partial charge in [-0.2, -0.15) is 0 Å². The molecule has 206 valence electrons. The molecule has 5 rings (SSSR count). The lowest BCUT2D eigenvalue weighted by atomic mass is 9.93. The fourth-order valence-electron chi connectivity index (χ4n) is 5.07. The fraction of sp³-hybridized carbons (Fsp3) is 0.267. The minimum Gasteiger partial charge on any atom is -0.409 e. The Morgan fingerprint density at radius 1 is 1.10 bits per heavy atom. The van der Waals surface area contributed by atoms with E-state index in [0.29, 0.717) is 36.3 Å². The molecule has 0 radical (unpaired) electrons. The van der Waals surface area contributed by atoms with E-state index in [1.54, 1.807) is 24.3 Å². The molecular formula is C30H33N7O3. The summed E-state index contributed by atoms with van der Waals surface area (Å²) in [5, 5.41) is 12.7. The van der Waals surface area contributed by atoms with E-state index in [1.165, 1.54) is 0 Å². The van der Waals surface area contributed by atoms with Crippen LogP contribution in [-0.4, -0.2) is 51.4 Å². The van der Waals surface area contributed by atoms with Gasteiger partial charge in [-0.15, -0.1) is 0 Å². The lowest BCUT2D eigenvalue weighted by Gasteiger charge is -2.39. The van der Waals surface area contributed by atoms with Gasteiger partial charge in [-0.1, -0.05) is 42.5 Å². The number of aromatic nitrogens is 2. The maximum atomic E-state index is 12.9. The number of carbonyl (C=O) groups is 2. The highest BCUT2D eigenvalue weighted by Crippen LogP contribution is 2.23. The summed E-state index contributed by atoms with van der Waals surface area (Å²) in [7, 11) is 0. The van der Waals surface area contributed by atoms with E-state index in [0.717, 1.165) is 35.3 Å². The Labute approximate surface area is 232 Å². The molecule has 6 N–H and O–H groups in total. The molecule has 2 atom stereocenters. The summed E-state index contributed by atoms with van der Waals surface area (Å²) in [6.07, 6.45) is 2.28. The molecule has 0 aliphatic carbocycles. The third-order valence-corrected chi connectivity index (χ3v) is 7.14. The number of aromatic amines is 1. The number of ether oxygens (including phenoxy) is 1. The van der Waals surface area contributed by atoms with E-state index < -0.39 is 6.09 Å². The number of nitrogen functional groups attached to an aromatic ring is 1. The highest BCUT2D eigenvalue weighted by atomic mass is 16.6. The van der Waals surface area contributed by atoms with Crippen LogP contribution in [0.4, 0.5) is 4.79 Å². The quantitative estimate of drug-likeness (QED) is 0.168. The predicted octanol–water partition coefficient (Wildman–Crippen LogP) is 4.05. The fourth-order valence-corrected chi connectivity index (χ4v) is 5.07. The summed E-state index contributed by atoms with van der Waals surface area (Å²) in [6.45, 7) is 2.43. The zero-order valence-electron chi connectivity index (χ0n) is 22.3. The van der Waals surface area contributed by atoms with Crippen LogP contribution in [-0.2, 0) is 6.42 Å². The monoisotopic (exact) mass is 539 g/mol. The van der Waals surface area contributed by atoms with Crippen LogP contribution in [0.25, 0.3) is 11.0 Å². The first-order valence-corrected chi connectivity index (χ1v) is 13.3. The summed E-state index contributed by atoms with van der Waals surface area (Å²) in [5.41, 5.74) is 12.5. The van der Waals surface area contributed by atoms with Crippen LogP contribution < -0.4 is 21.2 Å². The van der Waals surface area contributed by atoms with Crippen molar-refractivity contribution in [3.8, 4) is 5.75 Å². The van der Waals surface area contributed by atoms with Crippen LogP contribution in [0.2, 0.25) is 0 Å². The SMILES string of the molecule is Cc1nc2cc(OC(=O)NN3CCC(NC(=O)c4ccccc4)CC3CCc3ccc(C(=N)N)cc3)ccc2[nH]1. The lowest BCUT2D eigenvalue weighted by Crippen LogP contribution is -2.56. The smallest absolute Gasteiger partial charge is 0.409 e. The zero-order chi connectivity index (χ0) is 28.1. The number of amidine groups is 1. The standard InChI is InChI=1S/C30H33N7O3/c1-19-33-26-14-13-25(18-27(26)34-19)40-30(39)36-37-16-15-23(35-29(38)22-5-3-2-4-6-22)17-24(37)12-9-20-7-10-21(11-8-20)28(31)32/h2-8,10-11,13-14,18,23-24H,9,12,15-17H2,1H3,(H3,31,32)(H,33,34)(H,35,38)(H,36,39). The van der Waals surface area contributed by atoms with Crippen molar-refractivity contribution in [1.82, 2.24) is 25.7 Å². The van der Waals surface area contributed by atoms with Crippen LogP contribution in [0.5, 0.6) is 5.75 Å². The van der Waals surface area contributed by atoms with Gasteiger partial charge in [0.2, 0.25) is 0 Å². The van der Waals surface area contributed by atoms with Gasteiger partial charge in [0.1, 0.15) is 17.4 Å². The van der Waals surface area contributed by atoms with Crippen molar-refractivity contribution in [2.75, 3.05) is 6.54 Å². The Balaban J connectivity index is 1.25. The number of nitrogens with two attached hydrogens (primary N) is 1. The molecule has 1 saturated heterocycles. The third kappa shape index (κ3) is 6.65. The molecule has 10 heteroatoms. The third-order valence-electron chi connectivity index (χ3n) is 7.14. The maximum absolute atomic E-state index is 12.9. The second kappa shape index (κ2) is 12.0. The topological polar surface area (TPSA) is 149 Å². The van der Waals surface area contributed by atoms with Crippen molar-refractivity contribution in [1.29, 1.82) is 5.41 Å². The number of H-pyrrole nitrogens is 1. The van der Waals surface area contributed by atoms with Gasteiger partial charge < -0.3 is 20.8 Å². The number of imidazole rings is 1. The van der Waals surface area contributed by atoms with Crippen molar-refractivity contribution >= 4 is 28.9 Å². The van der Waals surface area contributed by atoms with E-state index in [2.05, 4.69) is 20.7 Å². The normalized spacial score (nSPS) is 17.3. The Bertz CT molecular complexity index is 1500. The van der Waals surface area contributed by atoms with E-state index in [9.17, 15) is 9.59 Å². The molecule has 3 aromatic carbocycles. The number of rotatable bonds is 8. The molecule has 2 amide bonds. The average Bonchev–Trinajstić information content (AvgIpc) is 3.33. The van der Waals surface area contributed by atoms with Crippen LogP contribution in [0.3, 0.4) is 0 Å². The number of hydrogen-bond acceptors (Lipinski definition) is 6. The van der Waals surface area contributed by atoms with Gasteiger partial charge in [-0.3, -0.25) is 15.6 Å². The lowest BCUT2D eigenvalue weighted by molar-refractivity contribution is 0.0603. The van der Waals surface area contributed by atoms with Crippen LogP contribution in [0, 0.1) is 12.3 Å². The van der Waals surface area contributed by atoms with Gasteiger partial charge in [0.15, 0.2) is 0 Å². The molecule has 0 spiro atoms. The number of piperidine rings is 1. The summed E-state index contributed by atoms with van der Waals surface area (Å²) in [4.78, 5) is 33.2. The van der Waals surface area contributed by atoms with E-state index in [-0.39, 0.29) is 23.8 Å². The Hall–Kier alpha value is -4.70. The molecule has 1 aromatic heterocycles. The first-order chi connectivity index (χ1) is 19.3. The Kier molecular flexibility index (Phi) is 8.07. The van der Waals surface area contributed by atoms with Gasteiger partial charge in [0.25, 0.3) is 5.91 Å². The Morgan fingerprint density at radius 3 is 2.62 bits per heavy atom. The van der Waals surface area contributed by atoms with Gasteiger partial charge in [-0.25, -0.2) is 14.8 Å². The molecule has 1 aliphatic heterocycles. The summed E-state index contributed by atoms with van der Waals surface area (Å²) >= 11 is 0. The van der Waals surface area contributed by atoms with E-state index in [1.807, 2.05) is 60.5 Å². The Morgan fingerprint density at radius 2 is 1.88 bits per heavy atom. The van der Waals surface area contributed by atoms with Gasteiger partial charge in [-0.05, 0) is 62.4 Å². The van der Waals surface area contributed by atoms with Crippen LogP contribution >= 0.6 is 0 Å². The van der Waals surface area contributed by atoms with Gasteiger partial charge >= 0.3 is 6.09 Å². The number of hydrogen-bond donors (Lipinski definition) is 5. The number of carbonyl (C=O) groups excluding carboxylic acids is 2. The van der Waals surface area contributed by atoms with Crippen molar-refractivity contribution in [2.45, 2.75) is 44.7 Å². The molecule has 0 bridgehead atoms. The summed E-state index contributed by atoms with van der Waals surface area (Å²) in [5.74, 6) is 1.13. The van der Waals surface area contributed by atoms with E-state index >= 15 is 0 Å². The molecular weight excluding hydrogens is 506 g/mol. The number of nitrogens with zero attached hydrogens (tertiary/aromatic N) is 2. The number of fused-ring (bicyclic) bond motifs is 1. The van der Waals surface area contributed by atoms with Crippen molar-refractivity contribution in [2.24, 2.45) is 5.73 Å². The zero-order valence-corrected chi connectivity index (χ0v) is 22.3. The van der Waals surface area contributed by atoms with Crippen LogP contribution in [0.15, 0.2) is 72.8 Å². The minimum absolute atomic E-state index is 0.0304. The highest BCUT2D eigenvalue weighted by Gasteiger charge is 2.31. The average molecular weight is 540 g/mol. The minimum atomic E-state index is -0.575. The molecule has 10 nitrogen and oxygen atoms in total. The number of nitrogens with one attached hydrogen (secondary N) is 4. The second-order valence-electron chi connectivity index (χ2n) is 10.1. The maximum Gasteiger partial charge on any atom is 0.427 e.